The molecule has 0 unspecified atom stereocenters. The third kappa shape index (κ3) is 7.37. The van der Waals surface area contributed by atoms with E-state index in [-0.39, 0.29) is 36.4 Å². The quantitative estimate of drug-likeness (QED) is 0.243. The number of esters is 1. The number of thiol groups is 1. The molecule has 37 heavy (non-hydrogen) atoms. The molecule has 0 aliphatic heterocycles. The van der Waals surface area contributed by atoms with Crippen molar-refractivity contribution in [1.82, 2.24) is 4.57 Å². The molecule has 0 spiro atoms. The smallest absolute Gasteiger partial charge is 0.343 e. The van der Waals surface area contributed by atoms with Crippen LogP contribution in [0.3, 0.4) is 0 Å². The molecule has 7 heteroatoms. The van der Waals surface area contributed by atoms with Gasteiger partial charge in [0.25, 0.3) is 0 Å². The number of aryl methyl sites for hydroxylation is 1. The third-order valence-corrected chi connectivity index (χ3v) is 6.27. The molecule has 204 valence electrons. The van der Waals surface area contributed by atoms with Crippen molar-refractivity contribution in [3.05, 3.63) is 74.8 Å². The van der Waals surface area contributed by atoms with E-state index in [1.807, 2.05) is 32.3 Å². The number of rotatable bonds is 8. The number of hydrogen-bond acceptors (Lipinski definition) is 5. The zero-order chi connectivity index (χ0) is 28.3. The maximum absolute atomic E-state index is 14.7. The Balaban J connectivity index is 0.00000163. The minimum absolute atomic E-state index is 0.0327. The molecule has 1 atom stereocenters. The lowest BCUT2D eigenvalue weighted by atomic mass is 9.98. The SMILES string of the molecule is CC.CC.CCOC(=O)c1cn([C@H](CS)C(C)C)c2cc(OC)c(Cc3cccc(C)c3F)cc2c1=O. The predicted octanol–water partition coefficient (Wildman–Crippen LogP) is 7.40. The molecule has 0 bridgehead atoms. The standard InChI is InChI=1S/C26H30FNO4S.2C2H6/c1-6-32-26(30)20-13-28(22(14-33)15(2)3)21-12-23(31-5)18(11-19(21)25(20)29)10-17-9-7-8-16(4)24(17)27;2*1-2/h7-9,11-13,15,22,33H,6,10,14H2,1-5H3;2*1-2H3/t22-;;/m1../s1. The van der Waals surface area contributed by atoms with Gasteiger partial charge in [-0.25, -0.2) is 9.18 Å². The second kappa shape index (κ2) is 15.5. The van der Waals surface area contributed by atoms with Gasteiger partial charge in [0.1, 0.15) is 17.1 Å². The summed E-state index contributed by atoms with van der Waals surface area (Å²) in [6.45, 7) is 15.7. The van der Waals surface area contributed by atoms with Gasteiger partial charge in [0.2, 0.25) is 5.43 Å². The lowest BCUT2D eigenvalue weighted by Crippen LogP contribution is -2.25. The van der Waals surface area contributed by atoms with Crippen LogP contribution >= 0.6 is 12.6 Å². The number of halogens is 1. The van der Waals surface area contributed by atoms with Crippen molar-refractivity contribution in [1.29, 1.82) is 0 Å². The van der Waals surface area contributed by atoms with Gasteiger partial charge in [-0.2, -0.15) is 12.6 Å². The van der Waals surface area contributed by atoms with E-state index in [1.54, 1.807) is 57.5 Å². The highest BCUT2D eigenvalue weighted by atomic mass is 32.1. The Kier molecular flexibility index (Phi) is 13.5. The largest absolute Gasteiger partial charge is 0.496 e. The Morgan fingerprint density at radius 1 is 1.11 bits per heavy atom. The summed E-state index contributed by atoms with van der Waals surface area (Å²) in [6, 6.07) is 8.64. The fraction of sp³-hybridized carbons (Fsp3) is 0.467. The van der Waals surface area contributed by atoms with Crippen molar-refractivity contribution < 1.29 is 18.7 Å². The normalized spacial score (nSPS) is 11.2. The molecular weight excluding hydrogens is 489 g/mol. The second-order valence-corrected chi connectivity index (χ2v) is 8.76. The molecule has 0 N–H and O–H groups in total. The second-order valence-electron chi connectivity index (χ2n) is 8.40. The first-order valence-electron chi connectivity index (χ1n) is 13.0. The minimum Gasteiger partial charge on any atom is -0.496 e. The van der Waals surface area contributed by atoms with E-state index in [9.17, 15) is 14.0 Å². The van der Waals surface area contributed by atoms with Crippen LogP contribution in [0.4, 0.5) is 4.39 Å². The minimum atomic E-state index is -0.665. The van der Waals surface area contributed by atoms with Crippen molar-refractivity contribution >= 4 is 29.5 Å². The number of hydrogen-bond donors (Lipinski definition) is 1. The summed E-state index contributed by atoms with van der Waals surface area (Å²) in [4.78, 5) is 25.9. The number of ether oxygens (including phenoxy) is 2. The van der Waals surface area contributed by atoms with Gasteiger partial charge >= 0.3 is 5.97 Å². The fourth-order valence-corrected chi connectivity index (χ4v) is 4.65. The summed E-state index contributed by atoms with van der Waals surface area (Å²) >= 11 is 4.51. The van der Waals surface area contributed by atoms with Gasteiger partial charge in [0.05, 0.1) is 19.2 Å². The fourth-order valence-electron chi connectivity index (χ4n) is 4.05. The van der Waals surface area contributed by atoms with E-state index in [1.165, 1.54) is 0 Å². The molecular formula is C30H42FNO4S. The average molecular weight is 532 g/mol. The highest BCUT2D eigenvalue weighted by Gasteiger charge is 2.23. The van der Waals surface area contributed by atoms with Crippen LogP contribution in [-0.2, 0) is 11.2 Å². The van der Waals surface area contributed by atoms with Crippen molar-refractivity contribution in [3.63, 3.8) is 0 Å². The number of fused-ring (bicyclic) bond motifs is 1. The van der Waals surface area contributed by atoms with E-state index in [0.29, 0.717) is 39.1 Å². The lowest BCUT2D eigenvalue weighted by molar-refractivity contribution is 0.0524. The molecule has 1 aromatic heterocycles. The maximum Gasteiger partial charge on any atom is 0.343 e. The lowest BCUT2D eigenvalue weighted by Gasteiger charge is -2.26. The van der Waals surface area contributed by atoms with Crippen molar-refractivity contribution in [2.24, 2.45) is 5.92 Å². The van der Waals surface area contributed by atoms with E-state index in [4.69, 9.17) is 9.47 Å². The number of aromatic nitrogens is 1. The Morgan fingerprint density at radius 3 is 2.30 bits per heavy atom. The van der Waals surface area contributed by atoms with E-state index in [0.717, 1.165) is 0 Å². The summed E-state index contributed by atoms with van der Waals surface area (Å²) in [7, 11) is 1.55. The van der Waals surface area contributed by atoms with E-state index >= 15 is 0 Å². The van der Waals surface area contributed by atoms with Crippen LogP contribution in [0.25, 0.3) is 10.9 Å². The molecule has 0 saturated carbocycles. The van der Waals surface area contributed by atoms with Crippen molar-refractivity contribution in [2.75, 3.05) is 19.5 Å². The zero-order valence-corrected chi connectivity index (χ0v) is 24.5. The topological polar surface area (TPSA) is 57.5 Å². The molecule has 5 nitrogen and oxygen atoms in total. The van der Waals surface area contributed by atoms with Gasteiger partial charge < -0.3 is 14.0 Å². The number of methoxy groups -OCH3 is 1. The summed E-state index contributed by atoms with van der Waals surface area (Å²) < 4.78 is 27.4. The molecule has 0 radical (unpaired) electrons. The van der Waals surface area contributed by atoms with Crippen LogP contribution in [0.15, 0.2) is 41.3 Å². The Hall–Kier alpha value is -2.80. The first-order valence-corrected chi connectivity index (χ1v) is 13.6. The Bertz CT molecular complexity index is 1240. The first kappa shape index (κ1) is 32.2. The number of nitrogens with zero attached hydrogens (tertiary/aromatic N) is 1. The predicted molar refractivity (Wildman–Crippen MR) is 155 cm³/mol. The number of pyridine rings is 1. The number of carbonyl (C=O) groups is 1. The van der Waals surface area contributed by atoms with E-state index < -0.39 is 11.4 Å². The van der Waals surface area contributed by atoms with Gasteiger partial charge in [-0.15, -0.1) is 0 Å². The molecule has 0 aliphatic carbocycles. The summed E-state index contributed by atoms with van der Waals surface area (Å²) in [5.41, 5.74) is 1.89. The molecule has 0 aliphatic rings. The van der Waals surface area contributed by atoms with Crippen LogP contribution in [0.5, 0.6) is 5.75 Å². The highest BCUT2D eigenvalue weighted by Crippen LogP contribution is 2.31. The van der Waals surface area contributed by atoms with Crippen molar-refractivity contribution in [2.45, 2.75) is 67.9 Å². The maximum atomic E-state index is 14.7. The molecule has 0 saturated heterocycles. The Morgan fingerprint density at radius 2 is 1.76 bits per heavy atom. The van der Waals surface area contributed by atoms with Crippen LogP contribution in [0, 0.1) is 18.7 Å². The zero-order valence-electron chi connectivity index (χ0n) is 23.6. The van der Waals surface area contributed by atoms with Gasteiger partial charge in [-0.05, 0) is 42.5 Å². The molecule has 3 aromatic rings. The summed E-state index contributed by atoms with van der Waals surface area (Å²) in [5.74, 6) is 0.294. The Labute approximate surface area is 226 Å². The highest BCUT2D eigenvalue weighted by molar-refractivity contribution is 7.80. The molecule has 0 amide bonds. The first-order chi connectivity index (χ1) is 17.7. The van der Waals surface area contributed by atoms with Crippen LogP contribution in [0.1, 0.15) is 81.6 Å². The van der Waals surface area contributed by atoms with Crippen molar-refractivity contribution in [3.8, 4) is 5.75 Å². The molecule has 3 rings (SSSR count). The summed E-state index contributed by atoms with van der Waals surface area (Å²) in [6.07, 6.45) is 1.80. The van der Waals surface area contributed by atoms with Gasteiger partial charge in [-0.1, -0.05) is 59.7 Å². The van der Waals surface area contributed by atoms with Crippen LogP contribution in [0.2, 0.25) is 0 Å². The molecule has 1 heterocycles. The number of carbonyl (C=O) groups excluding carboxylic acids is 1. The molecule has 2 aromatic carbocycles. The number of benzene rings is 2. The average Bonchev–Trinajstić information content (AvgIpc) is 2.90. The van der Waals surface area contributed by atoms with E-state index in [2.05, 4.69) is 26.5 Å². The molecule has 0 fully saturated rings. The van der Waals surface area contributed by atoms with Crippen LogP contribution in [-0.4, -0.2) is 30.0 Å². The van der Waals surface area contributed by atoms with Gasteiger partial charge in [0.15, 0.2) is 0 Å². The monoisotopic (exact) mass is 531 g/mol. The van der Waals surface area contributed by atoms with Gasteiger partial charge in [-0.3, -0.25) is 4.79 Å². The van der Waals surface area contributed by atoms with Crippen LogP contribution < -0.4 is 10.2 Å². The third-order valence-electron chi connectivity index (χ3n) is 5.90. The summed E-state index contributed by atoms with van der Waals surface area (Å²) in [5, 5.41) is 0.358. The van der Waals surface area contributed by atoms with Gasteiger partial charge in [0, 0.05) is 35.9 Å².